The average molecular weight is 222 g/mol. The lowest BCUT2D eigenvalue weighted by Crippen LogP contribution is -2.36. The number of aromatic amines is 1. The Morgan fingerprint density at radius 3 is 2.69 bits per heavy atom. The van der Waals surface area contributed by atoms with E-state index in [4.69, 9.17) is 5.73 Å². The van der Waals surface area contributed by atoms with Gasteiger partial charge in [0.05, 0.1) is 11.4 Å². The van der Waals surface area contributed by atoms with Crippen LogP contribution in [0.25, 0.3) is 0 Å². The number of nitrogen functional groups attached to an aromatic ring is 1. The number of likely N-dealkylation sites (tertiary alicyclic amines) is 1. The molecule has 1 aromatic heterocycles. The molecule has 2 heterocycles. The van der Waals surface area contributed by atoms with E-state index in [0.717, 1.165) is 38.0 Å². The molecule has 0 saturated carbocycles. The van der Waals surface area contributed by atoms with Gasteiger partial charge in [0.1, 0.15) is 0 Å². The summed E-state index contributed by atoms with van der Waals surface area (Å²) in [6.45, 7) is 3.64. The zero-order valence-corrected chi connectivity index (χ0v) is 9.62. The van der Waals surface area contributed by atoms with Crippen molar-refractivity contribution in [2.75, 3.05) is 18.8 Å². The van der Waals surface area contributed by atoms with E-state index in [-0.39, 0.29) is 5.91 Å². The number of amides is 1. The summed E-state index contributed by atoms with van der Waals surface area (Å²) in [7, 11) is 0. The van der Waals surface area contributed by atoms with Gasteiger partial charge in [-0.1, -0.05) is 6.92 Å². The van der Waals surface area contributed by atoms with Crippen LogP contribution in [-0.2, 0) is 6.42 Å². The molecule has 0 atom stereocenters. The van der Waals surface area contributed by atoms with Crippen LogP contribution in [0.5, 0.6) is 0 Å². The van der Waals surface area contributed by atoms with E-state index >= 15 is 0 Å². The molecule has 1 aliphatic rings. The summed E-state index contributed by atoms with van der Waals surface area (Å²) in [6, 6.07) is 0. The van der Waals surface area contributed by atoms with E-state index in [1.807, 2.05) is 11.8 Å². The summed E-state index contributed by atoms with van der Waals surface area (Å²) >= 11 is 0. The molecule has 3 N–H and O–H groups in total. The predicted molar refractivity (Wildman–Crippen MR) is 62.1 cm³/mol. The van der Waals surface area contributed by atoms with Crippen molar-refractivity contribution in [3.05, 3.63) is 11.4 Å². The first-order valence-corrected chi connectivity index (χ1v) is 5.86. The number of rotatable bonds is 2. The van der Waals surface area contributed by atoms with E-state index < -0.39 is 0 Å². The number of nitrogens with two attached hydrogens (primary N) is 1. The molecule has 5 nitrogen and oxygen atoms in total. The molecule has 1 aliphatic heterocycles. The molecule has 1 amide bonds. The average Bonchev–Trinajstić information content (AvgIpc) is 2.70. The quantitative estimate of drug-likeness (QED) is 0.789. The molecule has 0 radical (unpaired) electrons. The van der Waals surface area contributed by atoms with Crippen molar-refractivity contribution >= 4 is 11.6 Å². The van der Waals surface area contributed by atoms with Crippen LogP contribution in [0.4, 0.5) is 5.69 Å². The van der Waals surface area contributed by atoms with E-state index in [0.29, 0.717) is 11.4 Å². The number of aromatic nitrogens is 2. The molecule has 0 bridgehead atoms. The SMILES string of the molecule is CCc1[nH]nc(C(=O)N2CCCCC2)c1N. The van der Waals surface area contributed by atoms with Crippen LogP contribution >= 0.6 is 0 Å². The van der Waals surface area contributed by atoms with Crippen molar-refractivity contribution < 1.29 is 4.79 Å². The highest BCUT2D eigenvalue weighted by Gasteiger charge is 2.23. The second-order valence-electron chi connectivity index (χ2n) is 4.17. The Hall–Kier alpha value is -1.52. The summed E-state index contributed by atoms with van der Waals surface area (Å²) in [5.41, 5.74) is 7.63. The molecule has 5 heteroatoms. The summed E-state index contributed by atoms with van der Waals surface area (Å²) < 4.78 is 0. The second-order valence-corrected chi connectivity index (χ2v) is 4.17. The van der Waals surface area contributed by atoms with Gasteiger partial charge in [0.15, 0.2) is 5.69 Å². The fourth-order valence-electron chi connectivity index (χ4n) is 2.07. The topological polar surface area (TPSA) is 75.0 Å². The highest BCUT2D eigenvalue weighted by molar-refractivity contribution is 5.97. The first kappa shape index (κ1) is 11.0. The largest absolute Gasteiger partial charge is 0.395 e. The normalized spacial score (nSPS) is 16.4. The number of anilines is 1. The van der Waals surface area contributed by atoms with E-state index in [1.165, 1.54) is 6.42 Å². The summed E-state index contributed by atoms with van der Waals surface area (Å²) in [6.07, 6.45) is 4.14. The van der Waals surface area contributed by atoms with Crippen molar-refractivity contribution in [3.8, 4) is 0 Å². The molecule has 1 fully saturated rings. The third-order valence-electron chi connectivity index (χ3n) is 3.08. The molecule has 0 aliphatic carbocycles. The minimum absolute atomic E-state index is 0.0341. The third kappa shape index (κ3) is 1.89. The lowest BCUT2D eigenvalue weighted by Gasteiger charge is -2.25. The van der Waals surface area contributed by atoms with Gasteiger partial charge in [-0.25, -0.2) is 0 Å². The number of hydrogen-bond donors (Lipinski definition) is 2. The molecule has 1 aromatic rings. The number of aryl methyl sites for hydroxylation is 1. The maximum Gasteiger partial charge on any atom is 0.276 e. The molecule has 0 aromatic carbocycles. The lowest BCUT2D eigenvalue weighted by atomic mass is 10.1. The molecule has 16 heavy (non-hydrogen) atoms. The molecule has 1 saturated heterocycles. The van der Waals surface area contributed by atoms with Crippen molar-refractivity contribution in [1.82, 2.24) is 15.1 Å². The van der Waals surface area contributed by atoms with Gasteiger partial charge in [-0.2, -0.15) is 5.10 Å². The van der Waals surface area contributed by atoms with Crippen molar-refractivity contribution in [3.63, 3.8) is 0 Å². The third-order valence-corrected chi connectivity index (χ3v) is 3.08. The molecule has 2 rings (SSSR count). The highest BCUT2D eigenvalue weighted by atomic mass is 16.2. The Bertz CT molecular complexity index is 379. The Morgan fingerprint density at radius 1 is 1.44 bits per heavy atom. The predicted octanol–water partition coefficient (Wildman–Crippen LogP) is 1.18. The molecule has 88 valence electrons. The van der Waals surface area contributed by atoms with E-state index in [2.05, 4.69) is 10.2 Å². The van der Waals surface area contributed by atoms with Crippen LogP contribution in [-0.4, -0.2) is 34.1 Å². The molecular weight excluding hydrogens is 204 g/mol. The monoisotopic (exact) mass is 222 g/mol. The van der Waals surface area contributed by atoms with E-state index in [9.17, 15) is 4.79 Å². The maximum absolute atomic E-state index is 12.1. The molecular formula is C11H18N4O. The van der Waals surface area contributed by atoms with Gasteiger partial charge in [0, 0.05) is 13.1 Å². The van der Waals surface area contributed by atoms with Gasteiger partial charge < -0.3 is 10.6 Å². The number of nitrogens with one attached hydrogen (secondary N) is 1. The number of carbonyl (C=O) groups excluding carboxylic acids is 1. The Kier molecular flexibility index (Phi) is 3.12. The zero-order valence-electron chi connectivity index (χ0n) is 9.62. The highest BCUT2D eigenvalue weighted by Crippen LogP contribution is 2.18. The van der Waals surface area contributed by atoms with Gasteiger partial charge in [-0.3, -0.25) is 9.89 Å². The Morgan fingerprint density at radius 2 is 2.12 bits per heavy atom. The van der Waals surface area contributed by atoms with Crippen LogP contribution < -0.4 is 5.73 Å². The van der Waals surface area contributed by atoms with E-state index in [1.54, 1.807) is 0 Å². The number of nitrogens with zero attached hydrogens (tertiary/aromatic N) is 2. The number of carbonyl (C=O) groups is 1. The first-order valence-electron chi connectivity index (χ1n) is 5.86. The standard InChI is InChI=1S/C11H18N4O/c1-2-8-9(12)10(14-13-8)11(16)15-6-4-3-5-7-15/h2-7,12H2,1H3,(H,13,14). The first-order chi connectivity index (χ1) is 7.74. The van der Waals surface area contributed by atoms with Gasteiger partial charge in [0.25, 0.3) is 5.91 Å². The minimum Gasteiger partial charge on any atom is -0.395 e. The fourth-order valence-corrected chi connectivity index (χ4v) is 2.07. The lowest BCUT2D eigenvalue weighted by molar-refractivity contribution is 0.0719. The second kappa shape index (κ2) is 4.55. The number of hydrogen-bond acceptors (Lipinski definition) is 3. The summed E-state index contributed by atoms with van der Waals surface area (Å²) in [4.78, 5) is 14.0. The minimum atomic E-state index is -0.0341. The van der Waals surface area contributed by atoms with Crippen LogP contribution in [0.1, 0.15) is 42.4 Å². The van der Waals surface area contributed by atoms with Crippen LogP contribution in [0, 0.1) is 0 Å². The van der Waals surface area contributed by atoms with Crippen molar-refractivity contribution in [1.29, 1.82) is 0 Å². The van der Waals surface area contributed by atoms with Gasteiger partial charge in [-0.05, 0) is 25.7 Å². The smallest absolute Gasteiger partial charge is 0.276 e. The van der Waals surface area contributed by atoms with Gasteiger partial charge in [-0.15, -0.1) is 0 Å². The summed E-state index contributed by atoms with van der Waals surface area (Å²) in [5.74, 6) is -0.0341. The van der Waals surface area contributed by atoms with Crippen LogP contribution in [0.15, 0.2) is 0 Å². The summed E-state index contributed by atoms with van der Waals surface area (Å²) in [5, 5.41) is 6.84. The molecule has 0 spiro atoms. The molecule has 0 unspecified atom stereocenters. The van der Waals surface area contributed by atoms with Crippen LogP contribution in [0.2, 0.25) is 0 Å². The number of H-pyrrole nitrogens is 1. The Labute approximate surface area is 95.0 Å². The fraction of sp³-hybridized carbons (Fsp3) is 0.636. The van der Waals surface area contributed by atoms with Crippen LogP contribution in [0.3, 0.4) is 0 Å². The van der Waals surface area contributed by atoms with Gasteiger partial charge in [0.2, 0.25) is 0 Å². The van der Waals surface area contributed by atoms with Gasteiger partial charge >= 0.3 is 0 Å². The van der Waals surface area contributed by atoms with Crippen molar-refractivity contribution in [2.45, 2.75) is 32.6 Å². The maximum atomic E-state index is 12.1. The number of piperidine rings is 1. The zero-order chi connectivity index (χ0) is 11.5. The Balaban J connectivity index is 2.16. The van der Waals surface area contributed by atoms with Crippen molar-refractivity contribution in [2.24, 2.45) is 0 Å².